The van der Waals surface area contributed by atoms with Gasteiger partial charge in [-0.05, 0) is 42.8 Å². The average Bonchev–Trinajstić information content (AvgIpc) is 2.91. The lowest BCUT2D eigenvalue weighted by molar-refractivity contribution is -0.133. The highest BCUT2D eigenvalue weighted by molar-refractivity contribution is 6.10. The van der Waals surface area contributed by atoms with Crippen LogP contribution < -0.4 is 21.1 Å². The number of urea groups is 1. The van der Waals surface area contributed by atoms with E-state index in [1.54, 1.807) is 13.0 Å². The van der Waals surface area contributed by atoms with Crippen LogP contribution in [0.4, 0.5) is 10.5 Å². The van der Waals surface area contributed by atoms with E-state index in [-0.39, 0.29) is 6.42 Å². The maximum Gasteiger partial charge on any atom is 0.325 e. The van der Waals surface area contributed by atoms with Gasteiger partial charge in [0.05, 0.1) is 7.11 Å². The zero-order valence-electron chi connectivity index (χ0n) is 16.6. The molecular weight excluding hydrogens is 388 g/mol. The molecule has 0 unspecified atom stereocenters. The van der Waals surface area contributed by atoms with Gasteiger partial charge in [0.2, 0.25) is 11.8 Å². The molecule has 9 heteroatoms. The quantitative estimate of drug-likeness (QED) is 0.592. The minimum Gasteiger partial charge on any atom is -0.496 e. The fraction of sp³-hybridized carbons (Fsp3) is 0.238. The molecule has 30 heavy (non-hydrogen) atoms. The Hall–Kier alpha value is -3.88. The van der Waals surface area contributed by atoms with E-state index < -0.39 is 35.8 Å². The molecule has 1 aliphatic heterocycles. The molecule has 1 saturated heterocycles. The maximum absolute atomic E-state index is 12.9. The van der Waals surface area contributed by atoms with Crippen molar-refractivity contribution in [2.45, 2.75) is 18.9 Å². The molecule has 3 rings (SSSR count). The van der Waals surface area contributed by atoms with Gasteiger partial charge in [-0.25, -0.2) is 4.79 Å². The largest absolute Gasteiger partial charge is 0.496 e. The monoisotopic (exact) mass is 410 g/mol. The first-order valence-corrected chi connectivity index (χ1v) is 9.19. The van der Waals surface area contributed by atoms with E-state index in [4.69, 9.17) is 10.5 Å². The second-order valence-electron chi connectivity index (χ2n) is 7.13. The molecule has 2 aromatic rings. The number of carbonyl (C=O) groups is 4. The number of imide groups is 1. The molecule has 5 amide bonds. The minimum atomic E-state index is -1.20. The van der Waals surface area contributed by atoms with Crippen molar-refractivity contribution in [3.05, 3.63) is 59.7 Å². The Kier molecular flexibility index (Phi) is 5.72. The Labute approximate surface area is 173 Å². The topological polar surface area (TPSA) is 131 Å². The van der Waals surface area contributed by atoms with Gasteiger partial charge in [0, 0.05) is 17.7 Å². The number of methoxy groups -OCH3 is 1. The summed E-state index contributed by atoms with van der Waals surface area (Å²) >= 11 is 0. The van der Waals surface area contributed by atoms with Crippen molar-refractivity contribution in [2.75, 3.05) is 19.0 Å². The van der Waals surface area contributed by atoms with E-state index in [9.17, 15) is 19.2 Å². The fourth-order valence-electron chi connectivity index (χ4n) is 3.30. The first-order chi connectivity index (χ1) is 14.2. The van der Waals surface area contributed by atoms with Crippen molar-refractivity contribution in [1.82, 2.24) is 10.2 Å². The number of carbonyl (C=O) groups excluding carboxylic acids is 4. The molecule has 0 bridgehead atoms. The lowest BCUT2D eigenvalue weighted by Gasteiger charge is -2.22. The molecule has 0 radical (unpaired) electrons. The van der Waals surface area contributed by atoms with Gasteiger partial charge in [-0.1, -0.05) is 18.2 Å². The summed E-state index contributed by atoms with van der Waals surface area (Å²) in [6.45, 7) is 1.17. The molecule has 1 fully saturated rings. The first kappa shape index (κ1) is 20.8. The van der Waals surface area contributed by atoms with Crippen molar-refractivity contribution >= 4 is 29.4 Å². The van der Waals surface area contributed by atoms with Crippen LogP contribution in [0.15, 0.2) is 48.5 Å². The number of nitrogens with one attached hydrogen (secondary N) is 2. The second-order valence-corrected chi connectivity index (χ2v) is 7.13. The van der Waals surface area contributed by atoms with Gasteiger partial charge >= 0.3 is 6.03 Å². The molecule has 2 aromatic carbocycles. The Morgan fingerprint density at radius 2 is 1.80 bits per heavy atom. The van der Waals surface area contributed by atoms with Crippen LogP contribution in [-0.2, 0) is 16.0 Å². The van der Waals surface area contributed by atoms with Gasteiger partial charge in [0.1, 0.15) is 17.8 Å². The lowest BCUT2D eigenvalue weighted by atomic mass is 9.92. The summed E-state index contributed by atoms with van der Waals surface area (Å²) in [7, 11) is 1.53. The van der Waals surface area contributed by atoms with Crippen LogP contribution in [0, 0.1) is 0 Å². The van der Waals surface area contributed by atoms with Crippen molar-refractivity contribution in [3.63, 3.8) is 0 Å². The van der Waals surface area contributed by atoms with Gasteiger partial charge < -0.3 is 21.1 Å². The van der Waals surface area contributed by atoms with Gasteiger partial charge in [-0.3, -0.25) is 19.3 Å². The van der Waals surface area contributed by atoms with Gasteiger partial charge in [0.15, 0.2) is 0 Å². The molecule has 1 heterocycles. The smallest absolute Gasteiger partial charge is 0.325 e. The molecule has 0 aromatic heterocycles. The summed E-state index contributed by atoms with van der Waals surface area (Å²) in [6, 6.07) is 12.5. The van der Waals surface area contributed by atoms with Crippen LogP contribution in [0.2, 0.25) is 0 Å². The average molecular weight is 410 g/mol. The standard InChI is InChI=1S/C21H22N4O5/c1-21(11-14-5-3-4-6-16(14)30-2)19(28)25(20(29)24-21)12-17(26)23-15-9-7-13(8-10-15)18(22)27/h3-10H,11-12H2,1-2H3,(H2,22,27)(H,23,26)(H,24,29)/t21-/m1/s1. The molecule has 0 spiro atoms. The van der Waals surface area contributed by atoms with Gasteiger partial charge in [-0.2, -0.15) is 0 Å². The Bertz CT molecular complexity index is 1000. The first-order valence-electron chi connectivity index (χ1n) is 9.19. The van der Waals surface area contributed by atoms with Gasteiger partial charge in [-0.15, -0.1) is 0 Å². The lowest BCUT2D eigenvalue weighted by Crippen LogP contribution is -2.46. The van der Waals surface area contributed by atoms with E-state index in [0.29, 0.717) is 17.0 Å². The van der Waals surface area contributed by atoms with Crippen molar-refractivity contribution in [3.8, 4) is 5.75 Å². The number of hydrogen-bond acceptors (Lipinski definition) is 5. The predicted molar refractivity (Wildman–Crippen MR) is 109 cm³/mol. The van der Waals surface area contributed by atoms with Crippen LogP contribution in [-0.4, -0.2) is 47.8 Å². The van der Waals surface area contributed by atoms with Crippen molar-refractivity contribution in [2.24, 2.45) is 5.73 Å². The van der Waals surface area contributed by atoms with Crippen LogP contribution in [0.5, 0.6) is 5.75 Å². The Morgan fingerprint density at radius 3 is 2.43 bits per heavy atom. The third-order valence-electron chi connectivity index (χ3n) is 4.84. The maximum atomic E-state index is 12.9. The molecule has 0 saturated carbocycles. The highest BCUT2D eigenvalue weighted by atomic mass is 16.5. The summed E-state index contributed by atoms with van der Waals surface area (Å²) in [4.78, 5) is 49.6. The zero-order chi connectivity index (χ0) is 21.9. The third kappa shape index (κ3) is 4.24. The van der Waals surface area contributed by atoms with E-state index in [2.05, 4.69) is 10.6 Å². The summed E-state index contributed by atoms with van der Waals surface area (Å²) in [6.07, 6.45) is 0.217. The zero-order valence-corrected chi connectivity index (χ0v) is 16.6. The van der Waals surface area contributed by atoms with Crippen LogP contribution in [0.1, 0.15) is 22.8 Å². The molecule has 0 aliphatic carbocycles. The molecule has 4 N–H and O–H groups in total. The normalized spacial score (nSPS) is 18.1. The molecule has 1 atom stereocenters. The van der Waals surface area contributed by atoms with Crippen LogP contribution >= 0.6 is 0 Å². The third-order valence-corrected chi connectivity index (χ3v) is 4.84. The SMILES string of the molecule is COc1ccccc1C[C@@]1(C)NC(=O)N(CC(=O)Nc2ccc(C(N)=O)cc2)C1=O. The highest BCUT2D eigenvalue weighted by Crippen LogP contribution is 2.27. The Balaban J connectivity index is 1.68. The summed E-state index contributed by atoms with van der Waals surface area (Å²) in [5, 5.41) is 5.26. The van der Waals surface area contributed by atoms with Gasteiger partial charge in [0.25, 0.3) is 5.91 Å². The second kappa shape index (κ2) is 8.24. The van der Waals surface area contributed by atoms with Crippen molar-refractivity contribution in [1.29, 1.82) is 0 Å². The van der Waals surface area contributed by atoms with Crippen molar-refractivity contribution < 1.29 is 23.9 Å². The number of para-hydroxylation sites is 1. The number of ether oxygens (including phenoxy) is 1. The van der Waals surface area contributed by atoms with E-state index in [1.807, 2.05) is 18.2 Å². The predicted octanol–water partition coefficient (Wildman–Crippen LogP) is 1.29. The molecule has 156 valence electrons. The minimum absolute atomic E-state index is 0.217. The summed E-state index contributed by atoms with van der Waals surface area (Å²) in [5.74, 6) is -1.03. The van der Waals surface area contributed by atoms with E-state index in [0.717, 1.165) is 10.5 Å². The summed E-state index contributed by atoms with van der Waals surface area (Å²) < 4.78 is 5.31. The summed E-state index contributed by atoms with van der Waals surface area (Å²) in [5.41, 5.74) is 5.45. The fourth-order valence-corrected chi connectivity index (χ4v) is 3.30. The van der Waals surface area contributed by atoms with Crippen LogP contribution in [0.3, 0.4) is 0 Å². The molecule has 1 aliphatic rings. The van der Waals surface area contributed by atoms with Crippen LogP contribution in [0.25, 0.3) is 0 Å². The Morgan fingerprint density at radius 1 is 1.13 bits per heavy atom. The van der Waals surface area contributed by atoms with E-state index in [1.165, 1.54) is 31.4 Å². The number of primary amides is 1. The van der Waals surface area contributed by atoms with E-state index >= 15 is 0 Å². The number of nitrogens with two attached hydrogens (primary N) is 1. The highest BCUT2D eigenvalue weighted by Gasteiger charge is 2.48. The molecule has 9 nitrogen and oxygen atoms in total. The molecular formula is C21H22N4O5. The number of hydrogen-bond donors (Lipinski definition) is 3. The number of benzene rings is 2. The number of rotatable bonds is 7. The number of anilines is 1. The number of amides is 5. The number of nitrogens with zero attached hydrogens (tertiary/aromatic N) is 1.